The van der Waals surface area contributed by atoms with Crippen LogP contribution in [0.4, 0.5) is 0 Å². The number of rotatable bonds is 15. The highest BCUT2D eigenvalue weighted by Gasteiger charge is 2.32. The number of carboxylic acid groups (broad SMARTS) is 3. The molecular formula is C23H28N6O10. The van der Waals surface area contributed by atoms with E-state index < -0.39 is 85.0 Å². The van der Waals surface area contributed by atoms with Crippen molar-refractivity contribution in [1.29, 1.82) is 0 Å². The van der Waals surface area contributed by atoms with Crippen molar-refractivity contribution in [1.82, 2.24) is 20.9 Å². The molecule has 16 nitrogen and oxygen atoms in total. The fourth-order valence-electron chi connectivity index (χ4n) is 3.62. The molecule has 2 rings (SSSR count). The highest BCUT2D eigenvalue weighted by molar-refractivity contribution is 5.97. The molecule has 0 aliphatic heterocycles. The zero-order valence-electron chi connectivity index (χ0n) is 20.4. The number of nitrogens with two attached hydrogens (primary N) is 2. The number of H-pyrrole nitrogens is 1. The van der Waals surface area contributed by atoms with Crippen LogP contribution in [0.15, 0.2) is 30.5 Å². The molecule has 1 aromatic carbocycles. The van der Waals surface area contributed by atoms with Crippen LogP contribution in [0.5, 0.6) is 0 Å². The first-order valence-electron chi connectivity index (χ1n) is 11.4. The van der Waals surface area contributed by atoms with Crippen LogP contribution < -0.4 is 27.4 Å². The number of aromatic nitrogens is 1. The molecule has 4 amide bonds. The first-order valence-corrected chi connectivity index (χ1v) is 11.4. The van der Waals surface area contributed by atoms with Gasteiger partial charge in [-0.15, -0.1) is 0 Å². The summed E-state index contributed by atoms with van der Waals surface area (Å²) in [4.78, 5) is 86.3. The van der Waals surface area contributed by atoms with E-state index in [0.717, 1.165) is 0 Å². The van der Waals surface area contributed by atoms with E-state index in [1.807, 2.05) is 0 Å². The fourth-order valence-corrected chi connectivity index (χ4v) is 3.62. The van der Waals surface area contributed by atoms with E-state index in [1.165, 1.54) is 0 Å². The number of carboxylic acids is 3. The van der Waals surface area contributed by atoms with Gasteiger partial charge < -0.3 is 47.7 Å². The van der Waals surface area contributed by atoms with Crippen molar-refractivity contribution in [2.24, 2.45) is 11.5 Å². The van der Waals surface area contributed by atoms with Crippen molar-refractivity contribution in [3.05, 3.63) is 36.0 Å². The quantitative estimate of drug-likeness (QED) is 0.111. The first kappa shape index (κ1) is 30.2. The van der Waals surface area contributed by atoms with Crippen LogP contribution in [0.3, 0.4) is 0 Å². The maximum absolute atomic E-state index is 13.1. The number of para-hydroxylation sites is 1. The van der Waals surface area contributed by atoms with E-state index in [9.17, 15) is 38.7 Å². The molecule has 4 unspecified atom stereocenters. The van der Waals surface area contributed by atoms with Gasteiger partial charge >= 0.3 is 17.9 Å². The number of hydrogen-bond acceptors (Lipinski definition) is 8. The third kappa shape index (κ3) is 9.12. The average Bonchev–Trinajstić information content (AvgIpc) is 3.24. The Morgan fingerprint density at radius 3 is 1.92 bits per heavy atom. The number of carbonyl (C=O) groups excluding carboxylic acids is 4. The lowest BCUT2D eigenvalue weighted by atomic mass is 10.0. The number of primary amides is 1. The number of aliphatic carboxylic acids is 3. The van der Waals surface area contributed by atoms with Gasteiger partial charge in [0.25, 0.3) is 0 Å². The van der Waals surface area contributed by atoms with Crippen molar-refractivity contribution in [3.8, 4) is 0 Å². The van der Waals surface area contributed by atoms with Gasteiger partial charge in [0.1, 0.15) is 18.1 Å². The van der Waals surface area contributed by atoms with Crippen LogP contribution in [0.25, 0.3) is 10.9 Å². The summed E-state index contributed by atoms with van der Waals surface area (Å²) in [6.45, 7) is 0. The van der Waals surface area contributed by atoms with Crippen molar-refractivity contribution in [2.45, 2.75) is 49.9 Å². The molecule has 0 saturated carbocycles. The van der Waals surface area contributed by atoms with Gasteiger partial charge in [0.05, 0.1) is 25.3 Å². The van der Waals surface area contributed by atoms with E-state index in [4.69, 9.17) is 21.7 Å². The Kier molecular flexibility index (Phi) is 10.5. The molecule has 1 aromatic heterocycles. The molecule has 0 bridgehead atoms. The van der Waals surface area contributed by atoms with Gasteiger partial charge in [0.2, 0.25) is 23.6 Å². The zero-order valence-corrected chi connectivity index (χ0v) is 20.4. The van der Waals surface area contributed by atoms with E-state index in [-0.39, 0.29) is 6.42 Å². The second kappa shape index (κ2) is 13.5. The standard InChI is InChI=1S/C23H28N6O10/c24-12(6-18(31)32)20(35)27-15(7-17(25)30)22(37)28-14(21(36)29-16(23(38)39)8-19(33)34)5-10-9-26-13-4-2-1-3-11(10)13/h1-4,9,12,14-16,26H,5-8,24H2,(H2,25,30)(H,27,35)(H,28,37)(H,29,36)(H,31,32)(H,33,34)(H,38,39). The van der Waals surface area contributed by atoms with Crippen LogP contribution in [0, 0.1) is 0 Å². The summed E-state index contributed by atoms with van der Waals surface area (Å²) in [5, 5.41) is 34.3. The lowest BCUT2D eigenvalue weighted by Crippen LogP contribution is -2.58. The van der Waals surface area contributed by atoms with Crippen LogP contribution in [-0.4, -0.2) is 86.0 Å². The highest BCUT2D eigenvalue weighted by atomic mass is 16.4. The third-order valence-electron chi connectivity index (χ3n) is 5.49. The molecule has 2 aromatic rings. The number of benzene rings is 1. The largest absolute Gasteiger partial charge is 0.481 e. The second-order valence-corrected chi connectivity index (χ2v) is 8.56. The third-order valence-corrected chi connectivity index (χ3v) is 5.49. The highest BCUT2D eigenvalue weighted by Crippen LogP contribution is 2.19. The summed E-state index contributed by atoms with van der Waals surface area (Å²) in [5.41, 5.74) is 11.9. The average molecular weight is 549 g/mol. The van der Waals surface area contributed by atoms with E-state index in [1.54, 1.807) is 30.5 Å². The smallest absolute Gasteiger partial charge is 0.326 e. The molecule has 16 heteroatoms. The molecule has 0 spiro atoms. The van der Waals surface area contributed by atoms with Crippen LogP contribution >= 0.6 is 0 Å². The van der Waals surface area contributed by atoms with E-state index >= 15 is 0 Å². The van der Waals surface area contributed by atoms with E-state index in [2.05, 4.69) is 20.9 Å². The molecule has 0 aliphatic carbocycles. The number of aromatic amines is 1. The van der Waals surface area contributed by atoms with Gasteiger partial charge in [0.15, 0.2) is 0 Å². The van der Waals surface area contributed by atoms with Gasteiger partial charge in [-0.25, -0.2) is 4.79 Å². The molecule has 0 saturated heterocycles. The Bertz CT molecular complexity index is 1280. The van der Waals surface area contributed by atoms with Crippen molar-refractivity contribution >= 4 is 52.4 Å². The van der Waals surface area contributed by atoms with Crippen LogP contribution in [0.2, 0.25) is 0 Å². The monoisotopic (exact) mass is 548 g/mol. The molecule has 0 fully saturated rings. The van der Waals surface area contributed by atoms with Crippen molar-refractivity contribution < 1.29 is 48.9 Å². The number of fused-ring (bicyclic) bond motifs is 1. The molecule has 4 atom stereocenters. The molecule has 11 N–H and O–H groups in total. The minimum Gasteiger partial charge on any atom is -0.481 e. The SMILES string of the molecule is NC(=O)CC(NC(=O)C(N)CC(=O)O)C(=O)NC(Cc1c[nH]c2ccccc12)C(=O)NC(CC(=O)O)C(=O)O. The molecule has 39 heavy (non-hydrogen) atoms. The van der Waals surface area contributed by atoms with Gasteiger partial charge in [0, 0.05) is 23.5 Å². The molecular weight excluding hydrogens is 520 g/mol. The minimum atomic E-state index is -1.83. The Morgan fingerprint density at radius 2 is 1.33 bits per heavy atom. The summed E-state index contributed by atoms with van der Waals surface area (Å²) < 4.78 is 0. The first-order chi connectivity index (χ1) is 18.3. The molecule has 1 heterocycles. The number of hydrogen-bond donors (Lipinski definition) is 9. The maximum Gasteiger partial charge on any atom is 0.326 e. The zero-order chi connectivity index (χ0) is 29.3. The second-order valence-electron chi connectivity index (χ2n) is 8.56. The van der Waals surface area contributed by atoms with Crippen LogP contribution in [0.1, 0.15) is 24.8 Å². The number of nitrogens with one attached hydrogen (secondary N) is 4. The predicted octanol–water partition coefficient (Wildman–Crippen LogP) is -2.60. The summed E-state index contributed by atoms with van der Waals surface area (Å²) >= 11 is 0. The fraction of sp³-hybridized carbons (Fsp3) is 0.348. The number of amides is 4. The topological polar surface area (TPSA) is 284 Å². The Morgan fingerprint density at radius 1 is 0.769 bits per heavy atom. The molecule has 210 valence electrons. The summed E-state index contributed by atoms with van der Waals surface area (Å²) in [7, 11) is 0. The van der Waals surface area contributed by atoms with Crippen molar-refractivity contribution in [2.75, 3.05) is 0 Å². The van der Waals surface area contributed by atoms with Gasteiger partial charge in [-0.05, 0) is 11.6 Å². The molecule has 0 radical (unpaired) electrons. The predicted molar refractivity (Wildman–Crippen MR) is 132 cm³/mol. The maximum atomic E-state index is 13.1. The Balaban J connectivity index is 2.34. The Hall–Kier alpha value is -4.99. The van der Waals surface area contributed by atoms with Gasteiger partial charge in [-0.2, -0.15) is 0 Å². The van der Waals surface area contributed by atoms with E-state index in [0.29, 0.717) is 16.5 Å². The lowest BCUT2D eigenvalue weighted by Gasteiger charge is -2.24. The Labute approximate surface area is 220 Å². The van der Waals surface area contributed by atoms with Crippen molar-refractivity contribution in [3.63, 3.8) is 0 Å². The van der Waals surface area contributed by atoms with Gasteiger partial charge in [-0.3, -0.25) is 28.8 Å². The lowest BCUT2D eigenvalue weighted by molar-refractivity contribution is -0.147. The van der Waals surface area contributed by atoms with Crippen LogP contribution in [-0.2, 0) is 40.0 Å². The normalized spacial score (nSPS) is 13.9. The summed E-state index contributed by atoms with van der Waals surface area (Å²) in [6.07, 6.45) is -1.12. The number of carbonyl (C=O) groups is 7. The molecule has 0 aliphatic rings. The van der Waals surface area contributed by atoms with Gasteiger partial charge in [-0.1, -0.05) is 18.2 Å². The summed E-state index contributed by atoms with van der Waals surface area (Å²) in [6, 6.07) is 0.385. The minimum absolute atomic E-state index is 0.212. The summed E-state index contributed by atoms with van der Waals surface area (Å²) in [5.74, 6) is -8.77.